The topological polar surface area (TPSA) is 84.3 Å². The van der Waals surface area contributed by atoms with E-state index in [1.54, 1.807) is 26.0 Å². The van der Waals surface area contributed by atoms with E-state index in [9.17, 15) is 14.0 Å². The van der Waals surface area contributed by atoms with Crippen LogP contribution in [-0.2, 0) is 17.6 Å². The second-order valence-corrected chi connectivity index (χ2v) is 12.0. The van der Waals surface area contributed by atoms with Gasteiger partial charge in [0.2, 0.25) is 10.8 Å². The summed E-state index contributed by atoms with van der Waals surface area (Å²) in [5.74, 6) is 1.70. The molecular weight excluding hydrogens is 499 g/mol. The highest BCUT2D eigenvalue weighted by Crippen LogP contribution is 2.38. The van der Waals surface area contributed by atoms with Crippen LogP contribution in [0.1, 0.15) is 55.5 Å². The summed E-state index contributed by atoms with van der Waals surface area (Å²) in [5, 5.41) is 15.0. The van der Waals surface area contributed by atoms with Gasteiger partial charge in [-0.1, -0.05) is 35.9 Å². The van der Waals surface area contributed by atoms with Gasteiger partial charge in [0.15, 0.2) is 5.82 Å². The summed E-state index contributed by atoms with van der Waals surface area (Å²) in [6, 6.07) is 13.5. The monoisotopic (exact) mass is 528 g/mol. The van der Waals surface area contributed by atoms with Crippen molar-refractivity contribution in [3.63, 3.8) is 0 Å². The molecule has 1 fully saturated rings. The quantitative estimate of drug-likeness (QED) is 0.426. The van der Waals surface area contributed by atoms with Gasteiger partial charge in [0.25, 0.3) is 0 Å². The number of nitrogens with zero attached hydrogens (tertiary/aromatic N) is 3. The molecule has 0 bridgehead atoms. The van der Waals surface area contributed by atoms with Gasteiger partial charge >= 0.3 is 0 Å². The fourth-order valence-corrected chi connectivity index (χ4v) is 6.47. The maximum Gasteiger partial charge on any atom is 0.227 e. The molecule has 190 valence electrons. The van der Waals surface area contributed by atoms with Crippen LogP contribution in [0.25, 0.3) is 0 Å². The molecule has 0 aliphatic carbocycles. The predicted octanol–water partition coefficient (Wildman–Crippen LogP) is 5.24. The van der Waals surface area contributed by atoms with Gasteiger partial charge in [-0.15, -0.1) is 0 Å². The number of hydrogen-bond acceptors (Lipinski definition) is 6. The first-order valence-electron chi connectivity index (χ1n) is 12.2. The van der Waals surface area contributed by atoms with E-state index in [0.29, 0.717) is 40.3 Å². The fraction of sp³-hybridized carbons (Fsp3) is 0.407. The molecule has 0 radical (unpaired) electrons. The van der Waals surface area contributed by atoms with Gasteiger partial charge in [0.1, 0.15) is 17.3 Å². The zero-order valence-electron chi connectivity index (χ0n) is 20.4. The molecule has 2 unspecified atom stereocenters. The molecule has 0 amide bonds. The Balaban J connectivity index is 1.42. The van der Waals surface area contributed by atoms with Crippen molar-refractivity contribution in [2.45, 2.75) is 55.6 Å². The van der Waals surface area contributed by atoms with Crippen molar-refractivity contribution in [3.05, 3.63) is 76.2 Å². The van der Waals surface area contributed by atoms with Crippen molar-refractivity contribution in [2.24, 2.45) is 0 Å². The average Bonchev–Trinajstić information content (AvgIpc) is 3.24. The maximum atomic E-state index is 13.6. The van der Waals surface area contributed by atoms with E-state index in [2.05, 4.69) is 22.3 Å². The first-order chi connectivity index (χ1) is 17.2. The van der Waals surface area contributed by atoms with Crippen LogP contribution in [0.5, 0.6) is 0 Å². The van der Waals surface area contributed by atoms with E-state index in [4.69, 9.17) is 21.6 Å². The van der Waals surface area contributed by atoms with Crippen molar-refractivity contribution >= 4 is 34.5 Å². The zero-order valence-corrected chi connectivity index (χ0v) is 21.9. The van der Waals surface area contributed by atoms with Gasteiger partial charge in [-0.05, 0) is 79.2 Å². The molecule has 0 saturated carbocycles. The van der Waals surface area contributed by atoms with Gasteiger partial charge in [-0.25, -0.2) is 9.37 Å². The lowest BCUT2D eigenvalue weighted by atomic mass is 9.89. The van der Waals surface area contributed by atoms with Crippen LogP contribution in [-0.4, -0.2) is 44.1 Å². The molecule has 2 atom stereocenters. The molecule has 6 nitrogen and oxygen atoms in total. The van der Waals surface area contributed by atoms with Crippen LogP contribution < -0.4 is 10.2 Å². The number of rotatable bonds is 6. The molecule has 2 N–H and O–H groups in total. The Hall–Kier alpha value is -2.39. The van der Waals surface area contributed by atoms with Crippen LogP contribution >= 0.6 is 11.6 Å². The second kappa shape index (κ2) is 10.2. The normalized spacial score (nSPS) is 19.3. The molecule has 2 aliphatic heterocycles. The third kappa shape index (κ3) is 5.32. The number of fused-ring (bicyclic) bond motifs is 1. The highest BCUT2D eigenvalue weighted by atomic mass is 35.5. The summed E-state index contributed by atoms with van der Waals surface area (Å²) < 4.78 is 26.4. The number of aromatic nitrogens is 2. The summed E-state index contributed by atoms with van der Waals surface area (Å²) >= 11 is 4.83. The Kier molecular flexibility index (Phi) is 7.14. The van der Waals surface area contributed by atoms with Crippen molar-refractivity contribution in [1.29, 1.82) is 0 Å². The van der Waals surface area contributed by atoms with Crippen LogP contribution in [0.15, 0.2) is 53.4 Å². The number of benzene rings is 2. The van der Waals surface area contributed by atoms with Gasteiger partial charge in [-0.2, -0.15) is 4.98 Å². The van der Waals surface area contributed by atoms with Crippen LogP contribution in [0.3, 0.4) is 0 Å². The van der Waals surface area contributed by atoms with Crippen molar-refractivity contribution in [2.75, 3.05) is 29.1 Å². The van der Waals surface area contributed by atoms with Gasteiger partial charge in [-0.3, -0.25) is 0 Å². The van der Waals surface area contributed by atoms with Crippen molar-refractivity contribution in [3.8, 4) is 0 Å². The minimum absolute atomic E-state index is 0.346. The SMILES string of the molecule is CC(C)(O)C(Nc1nc(N2CCC(c3ccc(Cl)cc3)CC2)nc2c1[S+]([O-])CC2)c1ccc(F)cc1. The minimum atomic E-state index is -1.22. The zero-order chi connectivity index (χ0) is 25.4. The Morgan fingerprint density at radius 2 is 1.78 bits per heavy atom. The molecular formula is C27H30ClFN4O2S. The number of aliphatic hydroxyl groups is 1. The predicted molar refractivity (Wildman–Crippen MR) is 142 cm³/mol. The molecule has 0 spiro atoms. The Morgan fingerprint density at radius 3 is 2.42 bits per heavy atom. The Labute approximate surface area is 219 Å². The highest BCUT2D eigenvalue weighted by Gasteiger charge is 2.37. The molecule has 5 rings (SSSR count). The van der Waals surface area contributed by atoms with Gasteiger partial charge < -0.3 is 19.9 Å². The number of anilines is 2. The van der Waals surface area contributed by atoms with E-state index < -0.39 is 22.8 Å². The van der Waals surface area contributed by atoms with Crippen molar-refractivity contribution < 1.29 is 14.0 Å². The maximum absolute atomic E-state index is 13.6. The molecule has 1 saturated heterocycles. The summed E-state index contributed by atoms with van der Waals surface area (Å²) in [6.07, 6.45) is 2.56. The van der Waals surface area contributed by atoms with E-state index in [0.717, 1.165) is 36.6 Å². The van der Waals surface area contributed by atoms with E-state index in [-0.39, 0.29) is 5.82 Å². The van der Waals surface area contributed by atoms with E-state index in [1.165, 1.54) is 17.7 Å². The third-order valence-electron chi connectivity index (χ3n) is 6.99. The number of hydrogen-bond donors (Lipinski definition) is 2. The number of nitrogens with one attached hydrogen (secondary N) is 1. The lowest BCUT2D eigenvalue weighted by molar-refractivity contribution is 0.0586. The molecule has 3 heterocycles. The summed E-state index contributed by atoms with van der Waals surface area (Å²) in [6.45, 7) is 4.99. The number of halogens is 2. The van der Waals surface area contributed by atoms with Gasteiger partial charge in [0, 0.05) is 24.5 Å². The first kappa shape index (κ1) is 25.3. The molecule has 3 aromatic rings. The molecule has 36 heavy (non-hydrogen) atoms. The van der Waals surface area contributed by atoms with Gasteiger partial charge in [0.05, 0.1) is 11.6 Å². The van der Waals surface area contributed by atoms with E-state index in [1.807, 2.05) is 12.1 Å². The fourth-order valence-electron chi connectivity index (χ4n) is 5.03. The summed E-state index contributed by atoms with van der Waals surface area (Å²) in [5.41, 5.74) is 1.60. The Morgan fingerprint density at radius 1 is 1.11 bits per heavy atom. The largest absolute Gasteiger partial charge is 0.611 e. The van der Waals surface area contributed by atoms with Crippen LogP contribution in [0, 0.1) is 5.82 Å². The lowest BCUT2D eigenvalue weighted by Gasteiger charge is -2.34. The summed E-state index contributed by atoms with van der Waals surface area (Å²) in [4.78, 5) is 12.4. The number of aryl methyl sites for hydroxylation is 1. The smallest absolute Gasteiger partial charge is 0.227 e. The second-order valence-electron chi connectivity index (χ2n) is 10.0. The molecule has 1 aromatic heterocycles. The number of piperidine rings is 1. The van der Waals surface area contributed by atoms with Crippen LogP contribution in [0.4, 0.5) is 16.2 Å². The highest BCUT2D eigenvalue weighted by molar-refractivity contribution is 7.91. The van der Waals surface area contributed by atoms with Crippen LogP contribution in [0.2, 0.25) is 5.02 Å². The third-order valence-corrected chi connectivity index (χ3v) is 8.70. The average molecular weight is 529 g/mol. The van der Waals surface area contributed by atoms with E-state index >= 15 is 0 Å². The Bertz CT molecular complexity index is 1210. The lowest BCUT2D eigenvalue weighted by Crippen LogP contribution is -2.36. The summed E-state index contributed by atoms with van der Waals surface area (Å²) in [7, 11) is 0. The molecule has 2 aromatic carbocycles. The molecule has 9 heteroatoms. The standard InChI is InChI=1S/C27H30ClFN4O2S/c1-27(2,34)24(19-5-9-21(29)10-6-19)31-25-23-22(13-16-36(23)35)30-26(32-25)33-14-11-18(12-15-33)17-3-7-20(28)8-4-17/h3-10,18,24,34H,11-16H2,1-2H3,(H,30,31,32). The minimum Gasteiger partial charge on any atom is -0.611 e. The van der Waals surface area contributed by atoms with Crippen molar-refractivity contribution in [1.82, 2.24) is 9.97 Å². The first-order valence-corrected chi connectivity index (χ1v) is 13.9. The molecule has 2 aliphatic rings.